The lowest BCUT2D eigenvalue weighted by Gasteiger charge is -2.19. The van der Waals surface area contributed by atoms with Gasteiger partial charge in [-0.15, -0.1) is 0 Å². The number of carbonyl (C=O) groups excluding carboxylic acids is 3. The fourth-order valence-corrected chi connectivity index (χ4v) is 0.892. The Hall–Kier alpha value is -1.59. The van der Waals surface area contributed by atoms with Crippen molar-refractivity contribution in [1.29, 1.82) is 0 Å². The first kappa shape index (κ1) is 14.4. The summed E-state index contributed by atoms with van der Waals surface area (Å²) < 4.78 is 0. The molecule has 0 heterocycles. The van der Waals surface area contributed by atoms with Gasteiger partial charge in [-0.1, -0.05) is 0 Å². The summed E-state index contributed by atoms with van der Waals surface area (Å²) in [7, 11) is 0. The second-order valence-electron chi connectivity index (χ2n) is 4.44. The molecule has 6 heteroatoms. The number of nitrogens with one attached hydrogen (secondary N) is 3. The Morgan fingerprint density at radius 2 is 1.44 bits per heavy atom. The fourth-order valence-electron chi connectivity index (χ4n) is 0.892. The van der Waals surface area contributed by atoms with Crippen LogP contribution in [0, 0.1) is 0 Å². The molecule has 0 aliphatic rings. The average Bonchev–Trinajstić information content (AvgIpc) is 2.08. The molecule has 0 aromatic heterocycles. The van der Waals surface area contributed by atoms with E-state index < -0.39 is 17.4 Å². The molecule has 0 aliphatic carbocycles. The van der Waals surface area contributed by atoms with E-state index in [-0.39, 0.29) is 12.5 Å². The van der Waals surface area contributed by atoms with E-state index >= 15 is 0 Å². The summed E-state index contributed by atoms with van der Waals surface area (Å²) in [6.45, 7) is 7.29. The first-order valence-electron chi connectivity index (χ1n) is 5.07. The summed E-state index contributed by atoms with van der Waals surface area (Å²) in [5, 5.41) is 7.43. The van der Waals surface area contributed by atoms with Gasteiger partial charge in [0.1, 0.15) is 0 Å². The molecule has 16 heavy (non-hydrogen) atoms. The molecular formula is C10H19N3O3. The Labute approximate surface area is 95.2 Å². The molecular weight excluding hydrogens is 210 g/mol. The maximum Gasteiger partial charge on any atom is 0.309 e. The quantitative estimate of drug-likeness (QED) is 0.435. The summed E-state index contributed by atoms with van der Waals surface area (Å²) in [5.41, 5.74) is -0.438. The van der Waals surface area contributed by atoms with E-state index in [0.717, 1.165) is 0 Å². The minimum absolute atomic E-state index is 0.173. The van der Waals surface area contributed by atoms with E-state index in [1.807, 2.05) is 0 Å². The predicted molar refractivity (Wildman–Crippen MR) is 59.6 cm³/mol. The Kier molecular flexibility index (Phi) is 5.49. The van der Waals surface area contributed by atoms with Gasteiger partial charge in [0.15, 0.2) is 0 Å². The first-order valence-corrected chi connectivity index (χ1v) is 5.07. The lowest BCUT2D eigenvalue weighted by atomic mass is 10.1. The Bertz CT molecular complexity index is 282. The van der Waals surface area contributed by atoms with Gasteiger partial charge in [0.05, 0.1) is 0 Å². The highest BCUT2D eigenvalue weighted by atomic mass is 16.2. The van der Waals surface area contributed by atoms with E-state index in [1.165, 1.54) is 6.92 Å². The van der Waals surface area contributed by atoms with Crippen molar-refractivity contribution in [3.05, 3.63) is 0 Å². The fraction of sp³-hybridized carbons (Fsp3) is 0.700. The smallest absolute Gasteiger partial charge is 0.309 e. The summed E-state index contributed by atoms with van der Waals surface area (Å²) in [5.74, 6) is -1.54. The van der Waals surface area contributed by atoms with E-state index in [1.54, 1.807) is 20.8 Å². The molecule has 0 aromatic carbocycles. The lowest BCUT2D eigenvalue weighted by molar-refractivity contribution is -0.140. The van der Waals surface area contributed by atoms with Crippen molar-refractivity contribution in [2.24, 2.45) is 0 Å². The minimum Gasteiger partial charge on any atom is -0.355 e. The summed E-state index contributed by atoms with van der Waals surface area (Å²) in [6.07, 6.45) is 0. The first-order chi connectivity index (χ1) is 7.22. The van der Waals surface area contributed by atoms with Gasteiger partial charge in [-0.2, -0.15) is 0 Å². The van der Waals surface area contributed by atoms with Crippen LogP contribution in [0.15, 0.2) is 0 Å². The number of rotatable bonds is 3. The number of hydrogen-bond acceptors (Lipinski definition) is 3. The molecule has 92 valence electrons. The van der Waals surface area contributed by atoms with E-state index in [9.17, 15) is 14.4 Å². The molecule has 6 nitrogen and oxygen atoms in total. The van der Waals surface area contributed by atoms with E-state index in [0.29, 0.717) is 6.54 Å². The molecule has 0 bridgehead atoms. The molecule has 0 atom stereocenters. The van der Waals surface area contributed by atoms with Gasteiger partial charge in [0.2, 0.25) is 5.91 Å². The molecule has 0 spiro atoms. The normalized spacial score (nSPS) is 10.5. The van der Waals surface area contributed by atoms with Crippen molar-refractivity contribution in [1.82, 2.24) is 16.0 Å². The van der Waals surface area contributed by atoms with Crippen LogP contribution in [-0.2, 0) is 14.4 Å². The van der Waals surface area contributed by atoms with Crippen molar-refractivity contribution in [2.45, 2.75) is 33.2 Å². The molecule has 0 unspecified atom stereocenters. The molecule has 3 N–H and O–H groups in total. The van der Waals surface area contributed by atoms with Gasteiger partial charge < -0.3 is 16.0 Å². The molecule has 0 fully saturated rings. The van der Waals surface area contributed by atoms with Crippen LogP contribution >= 0.6 is 0 Å². The van der Waals surface area contributed by atoms with Crippen molar-refractivity contribution in [3.8, 4) is 0 Å². The molecule has 0 rings (SSSR count). The highest BCUT2D eigenvalue weighted by Gasteiger charge is 2.19. The lowest BCUT2D eigenvalue weighted by Crippen LogP contribution is -2.49. The topological polar surface area (TPSA) is 87.3 Å². The Morgan fingerprint density at radius 3 is 1.88 bits per heavy atom. The van der Waals surface area contributed by atoms with Crippen LogP contribution in [0.25, 0.3) is 0 Å². The zero-order valence-corrected chi connectivity index (χ0v) is 10.1. The third-order valence-corrected chi connectivity index (χ3v) is 1.48. The van der Waals surface area contributed by atoms with Gasteiger partial charge in [-0.05, 0) is 20.8 Å². The van der Waals surface area contributed by atoms with Crippen LogP contribution in [0.5, 0.6) is 0 Å². The van der Waals surface area contributed by atoms with Gasteiger partial charge in [-0.3, -0.25) is 14.4 Å². The molecule has 0 saturated carbocycles. The van der Waals surface area contributed by atoms with Gasteiger partial charge >= 0.3 is 11.8 Å². The number of amides is 3. The zero-order valence-electron chi connectivity index (χ0n) is 10.1. The minimum atomic E-state index is -0.694. The Balaban J connectivity index is 3.81. The van der Waals surface area contributed by atoms with Gasteiger partial charge in [0, 0.05) is 25.6 Å². The SMILES string of the molecule is CC(=O)NCCNC(=O)C(=O)NC(C)(C)C. The monoisotopic (exact) mass is 229 g/mol. The largest absolute Gasteiger partial charge is 0.355 e. The number of carbonyl (C=O) groups is 3. The third kappa shape index (κ3) is 7.78. The highest BCUT2D eigenvalue weighted by molar-refractivity contribution is 6.35. The molecule has 0 aromatic rings. The van der Waals surface area contributed by atoms with Crippen molar-refractivity contribution in [3.63, 3.8) is 0 Å². The summed E-state index contributed by atoms with van der Waals surface area (Å²) >= 11 is 0. The highest BCUT2D eigenvalue weighted by Crippen LogP contribution is 1.97. The summed E-state index contributed by atoms with van der Waals surface area (Å²) in [4.78, 5) is 33.0. The Morgan fingerprint density at radius 1 is 0.938 bits per heavy atom. The average molecular weight is 229 g/mol. The van der Waals surface area contributed by atoms with Gasteiger partial charge in [0.25, 0.3) is 0 Å². The van der Waals surface area contributed by atoms with E-state index in [2.05, 4.69) is 16.0 Å². The van der Waals surface area contributed by atoms with Gasteiger partial charge in [-0.25, -0.2) is 0 Å². The van der Waals surface area contributed by atoms with Crippen molar-refractivity contribution < 1.29 is 14.4 Å². The van der Waals surface area contributed by atoms with Crippen LogP contribution < -0.4 is 16.0 Å². The van der Waals surface area contributed by atoms with Crippen LogP contribution in [0.4, 0.5) is 0 Å². The zero-order chi connectivity index (χ0) is 12.8. The second-order valence-corrected chi connectivity index (χ2v) is 4.44. The van der Waals surface area contributed by atoms with Crippen LogP contribution in [0.2, 0.25) is 0 Å². The molecule has 3 amide bonds. The molecule has 0 saturated heterocycles. The van der Waals surface area contributed by atoms with Crippen LogP contribution in [-0.4, -0.2) is 36.3 Å². The summed E-state index contributed by atoms with van der Waals surface area (Å²) in [6, 6.07) is 0. The van der Waals surface area contributed by atoms with Crippen molar-refractivity contribution in [2.75, 3.05) is 13.1 Å². The predicted octanol–water partition coefficient (Wildman–Crippen LogP) is -0.847. The molecule has 0 radical (unpaired) electrons. The standard InChI is InChI=1S/C10H19N3O3/c1-7(14)11-5-6-12-8(15)9(16)13-10(2,3)4/h5-6H2,1-4H3,(H,11,14)(H,12,15)(H,13,16). The maximum absolute atomic E-state index is 11.3. The number of hydrogen-bond donors (Lipinski definition) is 3. The second kappa shape index (κ2) is 6.09. The molecule has 0 aliphatic heterocycles. The van der Waals surface area contributed by atoms with E-state index in [4.69, 9.17) is 0 Å². The van der Waals surface area contributed by atoms with Crippen molar-refractivity contribution >= 4 is 17.7 Å². The van der Waals surface area contributed by atoms with Crippen LogP contribution in [0.1, 0.15) is 27.7 Å². The third-order valence-electron chi connectivity index (χ3n) is 1.48. The van der Waals surface area contributed by atoms with Crippen LogP contribution in [0.3, 0.4) is 0 Å². The maximum atomic E-state index is 11.3.